The summed E-state index contributed by atoms with van der Waals surface area (Å²) >= 11 is 0. The highest BCUT2D eigenvalue weighted by Crippen LogP contribution is 2.43. The summed E-state index contributed by atoms with van der Waals surface area (Å²) in [5.41, 5.74) is 5.56. The lowest BCUT2D eigenvalue weighted by molar-refractivity contribution is -0.149. The van der Waals surface area contributed by atoms with Gasteiger partial charge in [0.15, 0.2) is 0 Å². The monoisotopic (exact) mass is 245 g/mol. The number of hydrogen-bond donors (Lipinski definition) is 1. The molecule has 0 bridgehead atoms. The van der Waals surface area contributed by atoms with Crippen LogP contribution in [0.3, 0.4) is 0 Å². The van der Waals surface area contributed by atoms with Gasteiger partial charge < -0.3 is 10.5 Å². The largest absolute Gasteiger partial charge is 0.487 e. The van der Waals surface area contributed by atoms with Gasteiger partial charge in [-0.15, -0.1) is 0 Å². The lowest BCUT2D eigenvalue weighted by Gasteiger charge is -2.21. The van der Waals surface area contributed by atoms with Crippen molar-refractivity contribution in [3.8, 4) is 5.75 Å². The second-order valence-corrected chi connectivity index (χ2v) is 4.89. The Balaban J connectivity index is 2.43. The summed E-state index contributed by atoms with van der Waals surface area (Å²) in [5.74, 6) is 0.294. The zero-order chi connectivity index (χ0) is 12.8. The maximum absolute atomic E-state index is 12.6. The van der Waals surface area contributed by atoms with E-state index in [0.717, 1.165) is 5.56 Å². The summed E-state index contributed by atoms with van der Waals surface area (Å²) in [5, 5.41) is 0. The van der Waals surface area contributed by atoms with Crippen LogP contribution in [0.5, 0.6) is 5.75 Å². The standard InChI is InChI=1S/C12H14F3NO/c1-11(2)6-7-4-3-5-8(9(7)17-11)10(16)12(13,14)15/h3-5,10H,6,16H2,1-2H3. The highest BCUT2D eigenvalue weighted by molar-refractivity contribution is 5.47. The average molecular weight is 245 g/mol. The predicted molar refractivity (Wildman–Crippen MR) is 57.8 cm³/mol. The van der Waals surface area contributed by atoms with Crippen LogP contribution in [-0.4, -0.2) is 11.8 Å². The number of rotatable bonds is 1. The van der Waals surface area contributed by atoms with Gasteiger partial charge in [-0.25, -0.2) is 0 Å². The molecule has 1 aromatic carbocycles. The first-order chi connectivity index (χ1) is 7.71. The Morgan fingerprint density at radius 1 is 1.35 bits per heavy atom. The first-order valence-corrected chi connectivity index (χ1v) is 5.34. The van der Waals surface area contributed by atoms with Crippen LogP contribution < -0.4 is 10.5 Å². The fourth-order valence-electron chi connectivity index (χ4n) is 2.06. The van der Waals surface area contributed by atoms with Gasteiger partial charge in [-0.3, -0.25) is 0 Å². The number of ether oxygens (including phenoxy) is 1. The molecule has 1 aromatic rings. The number of fused-ring (bicyclic) bond motifs is 1. The third-order valence-corrected chi connectivity index (χ3v) is 2.81. The smallest absolute Gasteiger partial charge is 0.407 e. The molecule has 5 heteroatoms. The van der Waals surface area contributed by atoms with Crippen molar-refractivity contribution < 1.29 is 17.9 Å². The van der Waals surface area contributed by atoms with Gasteiger partial charge in [-0.2, -0.15) is 13.2 Å². The van der Waals surface area contributed by atoms with Crippen molar-refractivity contribution in [1.29, 1.82) is 0 Å². The summed E-state index contributed by atoms with van der Waals surface area (Å²) in [4.78, 5) is 0. The Morgan fingerprint density at radius 3 is 2.59 bits per heavy atom. The van der Waals surface area contributed by atoms with Crippen LogP contribution in [0, 0.1) is 0 Å². The summed E-state index contributed by atoms with van der Waals surface area (Å²) in [7, 11) is 0. The molecular formula is C12H14F3NO. The van der Waals surface area contributed by atoms with Crippen LogP contribution >= 0.6 is 0 Å². The van der Waals surface area contributed by atoms with Crippen molar-refractivity contribution >= 4 is 0 Å². The van der Waals surface area contributed by atoms with E-state index < -0.39 is 17.8 Å². The van der Waals surface area contributed by atoms with Crippen molar-refractivity contribution in [2.24, 2.45) is 5.73 Å². The van der Waals surface area contributed by atoms with Gasteiger partial charge in [0, 0.05) is 12.0 Å². The first kappa shape index (κ1) is 12.2. The van der Waals surface area contributed by atoms with E-state index in [-0.39, 0.29) is 5.56 Å². The average Bonchev–Trinajstić information content (AvgIpc) is 2.48. The number of hydrogen-bond acceptors (Lipinski definition) is 2. The molecule has 94 valence electrons. The quantitative estimate of drug-likeness (QED) is 0.825. The molecule has 0 saturated carbocycles. The summed E-state index contributed by atoms with van der Waals surface area (Å²) in [6, 6.07) is 2.74. The molecule has 2 N–H and O–H groups in total. The molecule has 1 aliphatic rings. The molecule has 0 spiro atoms. The molecule has 0 aromatic heterocycles. The van der Waals surface area contributed by atoms with E-state index in [9.17, 15) is 13.2 Å². The van der Waals surface area contributed by atoms with Crippen LogP contribution in [0.15, 0.2) is 18.2 Å². The number of nitrogens with two attached hydrogens (primary N) is 1. The number of benzene rings is 1. The number of halogens is 3. The Labute approximate surface area is 97.6 Å². The Bertz CT molecular complexity index is 440. The van der Waals surface area contributed by atoms with E-state index in [1.807, 2.05) is 13.8 Å². The summed E-state index contributed by atoms with van der Waals surface area (Å²) in [6.45, 7) is 3.69. The van der Waals surface area contributed by atoms with Gasteiger partial charge in [0.2, 0.25) is 0 Å². The number of alkyl halides is 3. The van der Waals surface area contributed by atoms with Crippen LogP contribution in [-0.2, 0) is 6.42 Å². The molecule has 0 saturated heterocycles. The van der Waals surface area contributed by atoms with Gasteiger partial charge in [0.25, 0.3) is 0 Å². The molecule has 0 aliphatic carbocycles. The van der Waals surface area contributed by atoms with Crippen LogP contribution in [0.4, 0.5) is 13.2 Å². The molecule has 2 rings (SSSR count). The third kappa shape index (κ3) is 2.24. The molecule has 1 aliphatic heterocycles. The van der Waals surface area contributed by atoms with E-state index >= 15 is 0 Å². The maximum Gasteiger partial charge on any atom is 0.407 e. The lowest BCUT2D eigenvalue weighted by atomic mass is 9.98. The van der Waals surface area contributed by atoms with Gasteiger partial charge >= 0.3 is 6.18 Å². The van der Waals surface area contributed by atoms with E-state index in [2.05, 4.69) is 0 Å². The molecule has 1 heterocycles. The van der Waals surface area contributed by atoms with Gasteiger partial charge in [-0.1, -0.05) is 18.2 Å². The molecular weight excluding hydrogens is 231 g/mol. The minimum atomic E-state index is -4.45. The lowest BCUT2D eigenvalue weighted by Crippen LogP contribution is -2.29. The van der Waals surface area contributed by atoms with Crippen LogP contribution in [0.2, 0.25) is 0 Å². The van der Waals surface area contributed by atoms with E-state index in [1.165, 1.54) is 6.07 Å². The third-order valence-electron chi connectivity index (χ3n) is 2.81. The van der Waals surface area contributed by atoms with Crippen molar-refractivity contribution in [3.63, 3.8) is 0 Å². The zero-order valence-corrected chi connectivity index (χ0v) is 9.64. The van der Waals surface area contributed by atoms with E-state index in [1.54, 1.807) is 12.1 Å². The molecule has 2 nitrogen and oxygen atoms in total. The highest BCUT2D eigenvalue weighted by Gasteiger charge is 2.42. The Morgan fingerprint density at radius 2 is 2.00 bits per heavy atom. The fraction of sp³-hybridized carbons (Fsp3) is 0.500. The summed E-state index contributed by atoms with van der Waals surface area (Å²) < 4.78 is 43.4. The number of para-hydroxylation sites is 1. The topological polar surface area (TPSA) is 35.2 Å². The molecule has 17 heavy (non-hydrogen) atoms. The van der Waals surface area contributed by atoms with Crippen molar-refractivity contribution in [1.82, 2.24) is 0 Å². The Kier molecular flexibility index (Phi) is 2.61. The molecule has 0 radical (unpaired) electrons. The first-order valence-electron chi connectivity index (χ1n) is 5.34. The minimum Gasteiger partial charge on any atom is -0.487 e. The molecule has 0 amide bonds. The SMILES string of the molecule is CC1(C)Cc2cccc(C(N)C(F)(F)F)c2O1. The minimum absolute atomic E-state index is 0.0144. The van der Waals surface area contributed by atoms with Gasteiger partial charge in [0.05, 0.1) is 0 Å². The summed E-state index contributed by atoms with van der Waals surface area (Å²) in [6.07, 6.45) is -3.86. The van der Waals surface area contributed by atoms with Crippen LogP contribution in [0.25, 0.3) is 0 Å². The predicted octanol–water partition coefficient (Wildman–Crippen LogP) is 2.96. The Hall–Kier alpha value is -1.23. The van der Waals surface area contributed by atoms with Crippen molar-refractivity contribution in [3.05, 3.63) is 29.3 Å². The maximum atomic E-state index is 12.6. The second-order valence-electron chi connectivity index (χ2n) is 4.89. The van der Waals surface area contributed by atoms with E-state index in [4.69, 9.17) is 10.5 Å². The highest BCUT2D eigenvalue weighted by atomic mass is 19.4. The second kappa shape index (κ2) is 3.63. The van der Waals surface area contributed by atoms with Gasteiger partial charge in [-0.05, 0) is 19.4 Å². The van der Waals surface area contributed by atoms with E-state index in [0.29, 0.717) is 12.2 Å². The molecule has 1 unspecified atom stereocenters. The van der Waals surface area contributed by atoms with Crippen molar-refractivity contribution in [2.45, 2.75) is 38.1 Å². The van der Waals surface area contributed by atoms with Gasteiger partial charge in [0.1, 0.15) is 17.4 Å². The zero-order valence-electron chi connectivity index (χ0n) is 9.64. The van der Waals surface area contributed by atoms with Crippen LogP contribution in [0.1, 0.15) is 31.0 Å². The van der Waals surface area contributed by atoms with Crippen molar-refractivity contribution in [2.75, 3.05) is 0 Å². The fourth-order valence-corrected chi connectivity index (χ4v) is 2.06. The molecule has 1 atom stereocenters. The molecule has 0 fully saturated rings. The normalized spacial score (nSPS) is 19.6.